The number of guanidine groups is 1. The molecule has 23 heavy (non-hydrogen) atoms. The highest BCUT2D eigenvalue weighted by molar-refractivity contribution is 14.0. The fraction of sp³-hybridized carbons (Fsp3) is 0.706. The van der Waals surface area contributed by atoms with Gasteiger partial charge in [-0.05, 0) is 57.0 Å². The molecule has 1 fully saturated rings. The van der Waals surface area contributed by atoms with Crippen LogP contribution in [0.2, 0.25) is 0 Å². The number of nitrogens with one attached hydrogen (secondary N) is 2. The smallest absolute Gasteiger partial charge is 0.190 e. The zero-order chi connectivity index (χ0) is 15.8. The minimum atomic E-state index is 0. The Kier molecular flexibility index (Phi) is 10.1. The minimum absolute atomic E-state index is 0. The van der Waals surface area contributed by atoms with E-state index in [0.717, 1.165) is 31.4 Å². The van der Waals surface area contributed by atoms with Gasteiger partial charge in [0.25, 0.3) is 0 Å². The number of hydrogen-bond acceptors (Lipinski definition) is 3. The summed E-state index contributed by atoms with van der Waals surface area (Å²) in [6, 6.07) is 4.95. The first-order chi connectivity index (χ1) is 10.7. The molecule has 4 nitrogen and oxygen atoms in total. The van der Waals surface area contributed by atoms with E-state index < -0.39 is 0 Å². The van der Waals surface area contributed by atoms with Crippen molar-refractivity contribution in [3.8, 4) is 0 Å². The lowest BCUT2D eigenvalue weighted by Crippen LogP contribution is -2.46. The first kappa shape index (κ1) is 20.7. The first-order valence-corrected chi connectivity index (χ1v) is 9.28. The molecular formula is C17H31IN4S. The number of likely N-dealkylation sites (tertiary alicyclic amines) is 1. The Hall–Kier alpha value is -0.340. The molecule has 1 aromatic heterocycles. The van der Waals surface area contributed by atoms with Crippen molar-refractivity contribution in [2.24, 2.45) is 10.9 Å². The predicted molar refractivity (Wildman–Crippen MR) is 112 cm³/mol. The zero-order valence-corrected chi connectivity index (χ0v) is 17.7. The highest BCUT2D eigenvalue weighted by Crippen LogP contribution is 2.17. The maximum absolute atomic E-state index is 4.33. The van der Waals surface area contributed by atoms with E-state index in [0.29, 0.717) is 6.04 Å². The van der Waals surface area contributed by atoms with Gasteiger partial charge in [0.2, 0.25) is 0 Å². The largest absolute Gasteiger partial charge is 0.356 e. The van der Waals surface area contributed by atoms with Crippen LogP contribution in [0.25, 0.3) is 0 Å². The van der Waals surface area contributed by atoms with Crippen molar-refractivity contribution in [3.05, 3.63) is 22.4 Å². The van der Waals surface area contributed by atoms with E-state index in [1.807, 2.05) is 18.4 Å². The van der Waals surface area contributed by atoms with Crippen molar-refractivity contribution in [1.82, 2.24) is 15.5 Å². The number of aliphatic imine (C=N–C) groups is 1. The second-order valence-corrected chi connectivity index (χ2v) is 7.34. The van der Waals surface area contributed by atoms with Crippen LogP contribution in [0.1, 0.15) is 31.6 Å². The number of nitrogens with zero attached hydrogens (tertiary/aromatic N) is 2. The van der Waals surface area contributed by atoms with Gasteiger partial charge in [0.05, 0.1) is 0 Å². The summed E-state index contributed by atoms with van der Waals surface area (Å²) in [5, 5.41) is 9.04. The molecule has 1 aliphatic heterocycles. The van der Waals surface area contributed by atoms with Crippen LogP contribution < -0.4 is 10.6 Å². The van der Waals surface area contributed by atoms with Crippen LogP contribution in [0.4, 0.5) is 0 Å². The molecule has 0 amide bonds. The van der Waals surface area contributed by atoms with Gasteiger partial charge < -0.3 is 15.5 Å². The third kappa shape index (κ3) is 7.39. The highest BCUT2D eigenvalue weighted by Gasteiger charge is 2.21. The van der Waals surface area contributed by atoms with Gasteiger partial charge in [0, 0.05) is 37.6 Å². The molecule has 0 saturated carbocycles. The molecule has 1 aliphatic rings. The van der Waals surface area contributed by atoms with Gasteiger partial charge >= 0.3 is 0 Å². The van der Waals surface area contributed by atoms with E-state index in [9.17, 15) is 0 Å². The maximum atomic E-state index is 4.33. The second-order valence-electron chi connectivity index (χ2n) is 6.31. The van der Waals surface area contributed by atoms with Gasteiger partial charge in [-0.3, -0.25) is 4.99 Å². The summed E-state index contributed by atoms with van der Waals surface area (Å²) in [5.74, 6) is 1.66. The van der Waals surface area contributed by atoms with Gasteiger partial charge in [-0.15, -0.1) is 35.3 Å². The SMILES string of the molecule is CN=C(NCCc1cccs1)NCC1CCCN(C(C)C)C1.I. The van der Waals surface area contributed by atoms with Crippen LogP contribution in [0.3, 0.4) is 0 Å². The monoisotopic (exact) mass is 450 g/mol. The molecule has 1 unspecified atom stereocenters. The first-order valence-electron chi connectivity index (χ1n) is 8.40. The van der Waals surface area contributed by atoms with E-state index >= 15 is 0 Å². The van der Waals surface area contributed by atoms with E-state index in [1.54, 1.807) is 0 Å². The third-order valence-electron chi connectivity index (χ3n) is 4.31. The third-order valence-corrected chi connectivity index (χ3v) is 5.24. The molecule has 1 saturated heterocycles. The standard InChI is InChI=1S/C17H30N4S.HI/c1-14(2)21-10-4-6-15(13-21)12-20-17(18-3)19-9-8-16-7-5-11-22-16;/h5,7,11,14-15H,4,6,8-10,12-13H2,1-3H3,(H2,18,19,20);1H. The Morgan fingerprint density at radius 1 is 1.43 bits per heavy atom. The van der Waals surface area contributed by atoms with E-state index in [1.165, 1.54) is 30.8 Å². The van der Waals surface area contributed by atoms with Gasteiger partial charge in [0.1, 0.15) is 0 Å². The molecule has 0 radical (unpaired) electrons. The minimum Gasteiger partial charge on any atom is -0.356 e. The average molecular weight is 450 g/mol. The molecule has 2 heterocycles. The number of piperidine rings is 1. The predicted octanol–water partition coefficient (Wildman–Crippen LogP) is 3.19. The van der Waals surface area contributed by atoms with Crippen LogP contribution in [-0.4, -0.2) is 50.1 Å². The molecule has 1 aromatic rings. The lowest BCUT2D eigenvalue weighted by molar-refractivity contribution is 0.141. The Morgan fingerprint density at radius 2 is 2.26 bits per heavy atom. The molecule has 2 N–H and O–H groups in total. The quantitative estimate of drug-likeness (QED) is 0.397. The van der Waals surface area contributed by atoms with E-state index in [-0.39, 0.29) is 24.0 Å². The van der Waals surface area contributed by atoms with Crippen LogP contribution in [0, 0.1) is 5.92 Å². The lowest BCUT2D eigenvalue weighted by atomic mass is 9.97. The number of thiophene rings is 1. The molecule has 6 heteroatoms. The Bertz CT molecular complexity index is 447. The summed E-state index contributed by atoms with van der Waals surface area (Å²) in [6.45, 7) is 8.99. The van der Waals surface area contributed by atoms with Crippen molar-refractivity contribution in [3.63, 3.8) is 0 Å². The highest BCUT2D eigenvalue weighted by atomic mass is 127. The van der Waals surface area contributed by atoms with Crippen molar-refractivity contribution >= 4 is 41.3 Å². The van der Waals surface area contributed by atoms with Crippen molar-refractivity contribution in [1.29, 1.82) is 0 Å². The zero-order valence-electron chi connectivity index (χ0n) is 14.5. The van der Waals surface area contributed by atoms with Gasteiger partial charge in [-0.1, -0.05) is 6.07 Å². The summed E-state index contributed by atoms with van der Waals surface area (Å²) in [5.41, 5.74) is 0. The Morgan fingerprint density at radius 3 is 2.91 bits per heavy atom. The van der Waals surface area contributed by atoms with Crippen LogP contribution in [0.15, 0.2) is 22.5 Å². The maximum Gasteiger partial charge on any atom is 0.190 e. The molecular weight excluding hydrogens is 419 g/mol. The average Bonchev–Trinajstić information content (AvgIpc) is 3.04. The fourth-order valence-corrected chi connectivity index (χ4v) is 3.66. The van der Waals surface area contributed by atoms with Crippen molar-refractivity contribution in [2.75, 3.05) is 33.2 Å². The summed E-state index contributed by atoms with van der Waals surface area (Å²) >= 11 is 1.82. The molecule has 2 rings (SSSR count). The van der Waals surface area contributed by atoms with Gasteiger partial charge in [-0.25, -0.2) is 0 Å². The Balaban J connectivity index is 0.00000264. The second kappa shape index (κ2) is 11.3. The fourth-order valence-electron chi connectivity index (χ4n) is 2.95. The van der Waals surface area contributed by atoms with Crippen molar-refractivity contribution in [2.45, 2.75) is 39.2 Å². The normalized spacial score (nSPS) is 19.5. The summed E-state index contributed by atoms with van der Waals surface area (Å²) in [4.78, 5) is 8.34. The van der Waals surface area contributed by atoms with Crippen molar-refractivity contribution < 1.29 is 0 Å². The summed E-state index contributed by atoms with van der Waals surface area (Å²) in [7, 11) is 1.85. The molecule has 132 valence electrons. The molecule has 1 atom stereocenters. The molecule has 0 spiro atoms. The number of halogens is 1. The van der Waals surface area contributed by atoms with Crippen LogP contribution in [-0.2, 0) is 6.42 Å². The molecule has 0 aromatic carbocycles. The van der Waals surface area contributed by atoms with Gasteiger partial charge in [-0.2, -0.15) is 0 Å². The molecule has 0 aliphatic carbocycles. The summed E-state index contributed by atoms with van der Waals surface area (Å²) < 4.78 is 0. The Labute approximate surface area is 162 Å². The number of hydrogen-bond donors (Lipinski definition) is 2. The van der Waals surface area contributed by atoms with Gasteiger partial charge in [0.15, 0.2) is 5.96 Å². The van der Waals surface area contributed by atoms with E-state index in [4.69, 9.17) is 0 Å². The van der Waals surface area contributed by atoms with Crippen LogP contribution in [0.5, 0.6) is 0 Å². The van der Waals surface area contributed by atoms with Crippen LogP contribution >= 0.6 is 35.3 Å². The number of rotatable bonds is 6. The lowest BCUT2D eigenvalue weighted by Gasteiger charge is -2.35. The topological polar surface area (TPSA) is 39.7 Å². The van der Waals surface area contributed by atoms with E-state index in [2.05, 4.69) is 51.9 Å². The molecule has 0 bridgehead atoms. The summed E-state index contributed by atoms with van der Waals surface area (Å²) in [6.07, 6.45) is 3.69.